The summed E-state index contributed by atoms with van der Waals surface area (Å²) in [5.74, 6) is -0.0604. The fourth-order valence-electron chi connectivity index (χ4n) is 2.11. The third-order valence-corrected chi connectivity index (χ3v) is 3.29. The number of hydrogen-bond acceptors (Lipinski definition) is 2. The minimum absolute atomic E-state index is 0.247. The Kier molecular flexibility index (Phi) is 4.15. The molecule has 1 aromatic carbocycles. The lowest BCUT2D eigenvalue weighted by Gasteiger charge is -2.22. The van der Waals surface area contributed by atoms with E-state index in [0.29, 0.717) is 24.4 Å². The quantitative estimate of drug-likeness (QED) is 0.585. The molecule has 0 aliphatic heterocycles. The average molecular weight is 258 g/mol. The van der Waals surface area contributed by atoms with Crippen LogP contribution in [-0.4, -0.2) is 18.8 Å². The average Bonchev–Trinajstić information content (AvgIpc) is 3.23. The van der Waals surface area contributed by atoms with Gasteiger partial charge in [0, 0.05) is 36.0 Å². The van der Waals surface area contributed by atoms with E-state index < -0.39 is 0 Å². The fraction of sp³-hybridized carbons (Fsp3) is 0.312. The minimum Gasteiger partial charge on any atom is -0.364 e. The molecule has 100 valence electrons. The van der Waals surface area contributed by atoms with Crippen molar-refractivity contribution in [3.05, 3.63) is 54.9 Å². The maximum Gasteiger partial charge on any atom is 0.132 e. The van der Waals surface area contributed by atoms with Crippen LogP contribution < -0.4 is 4.90 Å². The van der Waals surface area contributed by atoms with E-state index in [2.05, 4.69) is 13.2 Å². The molecule has 1 aromatic rings. The summed E-state index contributed by atoms with van der Waals surface area (Å²) in [4.78, 5) is 2.04. The summed E-state index contributed by atoms with van der Waals surface area (Å²) in [5, 5.41) is 8.03. The van der Waals surface area contributed by atoms with Crippen molar-refractivity contribution in [2.45, 2.75) is 12.8 Å². The van der Waals surface area contributed by atoms with Gasteiger partial charge in [0.2, 0.25) is 0 Å². The van der Waals surface area contributed by atoms with Crippen LogP contribution in [0.25, 0.3) is 0 Å². The highest BCUT2D eigenvalue weighted by Crippen LogP contribution is 2.34. The number of nitrogens with one attached hydrogen (secondary N) is 1. The molecular formula is C16H19FN2. The normalized spacial score (nSPS) is 13.9. The van der Waals surface area contributed by atoms with Gasteiger partial charge in [-0.05, 0) is 31.0 Å². The first kappa shape index (κ1) is 13.5. The van der Waals surface area contributed by atoms with Gasteiger partial charge < -0.3 is 10.3 Å². The van der Waals surface area contributed by atoms with E-state index in [4.69, 9.17) is 5.41 Å². The molecule has 0 radical (unpaired) electrons. The zero-order chi connectivity index (χ0) is 13.8. The molecule has 1 N–H and O–H groups in total. The molecule has 0 aromatic heterocycles. The molecule has 0 bridgehead atoms. The van der Waals surface area contributed by atoms with Crippen LogP contribution in [0, 0.1) is 17.1 Å². The van der Waals surface area contributed by atoms with Crippen LogP contribution in [0.1, 0.15) is 18.4 Å². The first-order chi connectivity index (χ1) is 9.17. The standard InChI is InChI=1S/C16H19FN2/c1-3-9-19(10-4-2)13-7-8-15(17)14(11-13)16(18)12-5-6-12/h3-4,7-8,11-12,18H,1-2,5-6,9-10H2. The van der Waals surface area contributed by atoms with Crippen LogP contribution in [0.2, 0.25) is 0 Å². The minimum atomic E-state index is -0.308. The highest BCUT2D eigenvalue weighted by Gasteiger charge is 2.29. The molecule has 3 heteroatoms. The van der Waals surface area contributed by atoms with Gasteiger partial charge in [-0.1, -0.05) is 12.2 Å². The van der Waals surface area contributed by atoms with Gasteiger partial charge in [-0.3, -0.25) is 0 Å². The van der Waals surface area contributed by atoms with Crippen molar-refractivity contribution in [3.8, 4) is 0 Å². The van der Waals surface area contributed by atoms with Crippen molar-refractivity contribution in [1.29, 1.82) is 5.41 Å². The van der Waals surface area contributed by atoms with Crippen molar-refractivity contribution in [2.24, 2.45) is 5.92 Å². The lowest BCUT2D eigenvalue weighted by molar-refractivity contribution is 0.624. The van der Waals surface area contributed by atoms with Gasteiger partial charge in [0.05, 0.1) is 0 Å². The summed E-state index contributed by atoms with van der Waals surface area (Å²) in [6.07, 6.45) is 5.62. The molecule has 0 saturated heterocycles. The Hall–Kier alpha value is -1.90. The van der Waals surface area contributed by atoms with Gasteiger partial charge in [0.1, 0.15) is 5.82 Å². The molecule has 1 fully saturated rings. The first-order valence-corrected chi connectivity index (χ1v) is 6.52. The van der Waals surface area contributed by atoms with Crippen molar-refractivity contribution < 1.29 is 4.39 Å². The second-order valence-corrected chi connectivity index (χ2v) is 4.83. The van der Waals surface area contributed by atoms with E-state index in [9.17, 15) is 4.39 Å². The molecule has 1 aliphatic carbocycles. The molecule has 0 spiro atoms. The molecule has 0 unspecified atom stereocenters. The predicted octanol–water partition coefficient (Wildman–Crippen LogP) is 3.78. The van der Waals surface area contributed by atoms with Gasteiger partial charge in [-0.25, -0.2) is 4.39 Å². The fourth-order valence-corrected chi connectivity index (χ4v) is 2.11. The van der Waals surface area contributed by atoms with Gasteiger partial charge >= 0.3 is 0 Å². The number of nitrogens with zero attached hydrogens (tertiary/aromatic N) is 1. The van der Waals surface area contributed by atoms with Crippen molar-refractivity contribution >= 4 is 11.4 Å². The third kappa shape index (κ3) is 3.11. The van der Waals surface area contributed by atoms with E-state index in [-0.39, 0.29) is 11.7 Å². The predicted molar refractivity (Wildman–Crippen MR) is 78.6 cm³/mol. The number of anilines is 1. The second kappa shape index (κ2) is 5.83. The zero-order valence-electron chi connectivity index (χ0n) is 11.0. The van der Waals surface area contributed by atoms with Gasteiger partial charge in [-0.2, -0.15) is 0 Å². The maximum atomic E-state index is 13.8. The van der Waals surface area contributed by atoms with E-state index in [1.165, 1.54) is 6.07 Å². The molecule has 0 heterocycles. The Morgan fingerprint density at radius 2 is 1.95 bits per heavy atom. The van der Waals surface area contributed by atoms with Crippen molar-refractivity contribution in [2.75, 3.05) is 18.0 Å². The Balaban J connectivity index is 2.29. The van der Waals surface area contributed by atoms with Crippen LogP contribution in [0.4, 0.5) is 10.1 Å². The first-order valence-electron chi connectivity index (χ1n) is 6.52. The summed E-state index contributed by atoms with van der Waals surface area (Å²) in [5.41, 5.74) is 1.76. The molecule has 2 nitrogen and oxygen atoms in total. The molecular weight excluding hydrogens is 239 g/mol. The zero-order valence-corrected chi connectivity index (χ0v) is 11.0. The molecule has 0 amide bonds. The highest BCUT2D eigenvalue weighted by molar-refractivity contribution is 6.02. The lowest BCUT2D eigenvalue weighted by Crippen LogP contribution is -2.23. The smallest absolute Gasteiger partial charge is 0.132 e. The molecule has 1 saturated carbocycles. The lowest BCUT2D eigenvalue weighted by atomic mass is 10.0. The highest BCUT2D eigenvalue weighted by atomic mass is 19.1. The van der Waals surface area contributed by atoms with E-state index in [1.807, 2.05) is 4.90 Å². The monoisotopic (exact) mass is 258 g/mol. The number of hydrogen-bond donors (Lipinski definition) is 1. The molecule has 19 heavy (non-hydrogen) atoms. The Morgan fingerprint density at radius 3 is 2.47 bits per heavy atom. The van der Waals surface area contributed by atoms with Gasteiger partial charge in [-0.15, -0.1) is 13.2 Å². The Labute approximate surface area is 113 Å². The van der Waals surface area contributed by atoms with E-state index >= 15 is 0 Å². The SMILES string of the molecule is C=CCN(CC=C)c1ccc(F)c(C(=N)C2CC2)c1. The van der Waals surface area contributed by atoms with Gasteiger partial charge in [0.15, 0.2) is 0 Å². The van der Waals surface area contributed by atoms with Crippen LogP contribution >= 0.6 is 0 Å². The molecule has 2 rings (SSSR count). The molecule has 1 aliphatic rings. The summed E-state index contributed by atoms with van der Waals surface area (Å²) >= 11 is 0. The van der Waals surface area contributed by atoms with Crippen LogP contribution in [-0.2, 0) is 0 Å². The van der Waals surface area contributed by atoms with Crippen molar-refractivity contribution in [1.82, 2.24) is 0 Å². The summed E-state index contributed by atoms with van der Waals surface area (Å²) in [7, 11) is 0. The number of rotatable bonds is 7. The Bertz CT molecular complexity index is 493. The largest absolute Gasteiger partial charge is 0.364 e. The van der Waals surface area contributed by atoms with E-state index in [0.717, 1.165) is 18.5 Å². The number of halogens is 1. The third-order valence-electron chi connectivity index (χ3n) is 3.29. The van der Waals surface area contributed by atoms with E-state index in [1.54, 1.807) is 24.3 Å². The summed E-state index contributed by atoms with van der Waals surface area (Å²) in [6.45, 7) is 8.81. The van der Waals surface area contributed by atoms with Crippen molar-refractivity contribution in [3.63, 3.8) is 0 Å². The van der Waals surface area contributed by atoms with Crippen LogP contribution in [0.5, 0.6) is 0 Å². The second-order valence-electron chi connectivity index (χ2n) is 4.83. The summed E-state index contributed by atoms with van der Waals surface area (Å²) in [6, 6.07) is 4.95. The van der Waals surface area contributed by atoms with Crippen LogP contribution in [0.3, 0.4) is 0 Å². The molecule has 0 atom stereocenters. The van der Waals surface area contributed by atoms with Crippen LogP contribution in [0.15, 0.2) is 43.5 Å². The summed E-state index contributed by atoms with van der Waals surface area (Å²) < 4.78 is 13.8. The number of benzene rings is 1. The van der Waals surface area contributed by atoms with Gasteiger partial charge in [0.25, 0.3) is 0 Å². The Morgan fingerprint density at radius 1 is 1.32 bits per heavy atom. The maximum absolute atomic E-state index is 13.8. The topological polar surface area (TPSA) is 27.1 Å².